The van der Waals surface area contributed by atoms with Gasteiger partial charge in [0.2, 0.25) is 0 Å². The monoisotopic (exact) mass is 334 g/mol. The van der Waals surface area contributed by atoms with Gasteiger partial charge < -0.3 is 15.0 Å². The molecule has 0 spiro atoms. The molecular formula is C18H28N3O3+. The van der Waals surface area contributed by atoms with Crippen molar-refractivity contribution >= 4 is 11.9 Å². The maximum absolute atomic E-state index is 11.9. The van der Waals surface area contributed by atoms with Gasteiger partial charge in [0.15, 0.2) is 6.54 Å². The third-order valence-electron chi connectivity index (χ3n) is 3.50. The van der Waals surface area contributed by atoms with E-state index in [-0.39, 0.29) is 18.5 Å². The molecule has 0 heterocycles. The molecule has 6 heteroatoms. The number of quaternary nitrogens is 1. The lowest BCUT2D eigenvalue weighted by Crippen LogP contribution is -3.09. The van der Waals surface area contributed by atoms with E-state index < -0.39 is 6.03 Å². The zero-order chi connectivity index (χ0) is 17.9. The van der Waals surface area contributed by atoms with Crippen molar-refractivity contribution in [2.75, 3.05) is 20.2 Å². The number of carbonyl (C=O) groups is 2. The first-order valence-electron chi connectivity index (χ1n) is 8.18. The smallest absolute Gasteiger partial charge is 0.321 e. The molecule has 0 aromatic heterocycles. The summed E-state index contributed by atoms with van der Waals surface area (Å²) in [4.78, 5) is 24.5. The Bertz CT molecular complexity index is 543. The molecular weight excluding hydrogens is 306 g/mol. The lowest BCUT2D eigenvalue weighted by molar-refractivity contribution is -0.885. The van der Waals surface area contributed by atoms with E-state index in [1.54, 1.807) is 6.08 Å². The molecule has 0 fully saturated rings. The predicted molar refractivity (Wildman–Crippen MR) is 94.0 cm³/mol. The summed E-state index contributed by atoms with van der Waals surface area (Å²) in [5.41, 5.74) is 1.09. The van der Waals surface area contributed by atoms with Crippen LogP contribution < -0.4 is 20.3 Å². The van der Waals surface area contributed by atoms with Gasteiger partial charge in [0.1, 0.15) is 18.9 Å². The molecule has 0 saturated heterocycles. The number of carbonyl (C=O) groups excluding carboxylic acids is 2. The zero-order valence-electron chi connectivity index (χ0n) is 14.7. The molecule has 24 heavy (non-hydrogen) atoms. The largest absolute Gasteiger partial charge is 0.490 e. The minimum absolute atomic E-state index is 0.0460. The molecule has 3 N–H and O–H groups in total. The van der Waals surface area contributed by atoms with Crippen LogP contribution in [0.3, 0.4) is 0 Å². The number of urea groups is 1. The van der Waals surface area contributed by atoms with E-state index >= 15 is 0 Å². The van der Waals surface area contributed by atoms with Crippen LogP contribution in [-0.4, -0.2) is 38.2 Å². The van der Waals surface area contributed by atoms with Crippen LogP contribution in [0.25, 0.3) is 0 Å². The number of benzene rings is 1. The Kier molecular flexibility index (Phi) is 8.57. The summed E-state index contributed by atoms with van der Waals surface area (Å²) < 4.78 is 5.43. The molecule has 0 aliphatic carbocycles. The average molecular weight is 334 g/mol. The minimum Gasteiger partial charge on any atom is -0.490 e. The summed E-state index contributed by atoms with van der Waals surface area (Å²) in [5.74, 6) is 0.495. The highest BCUT2D eigenvalue weighted by Crippen LogP contribution is 2.11. The molecule has 0 saturated carbocycles. The first kappa shape index (κ1) is 19.7. The van der Waals surface area contributed by atoms with Crippen LogP contribution in [0.2, 0.25) is 0 Å². The number of ether oxygens (including phenoxy) is 1. The molecule has 1 unspecified atom stereocenters. The van der Waals surface area contributed by atoms with Crippen molar-refractivity contribution < 1.29 is 19.2 Å². The van der Waals surface area contributed by atoms with Gasteiger partial charge in [-0.25, -0.2) is 4.79 Å². The number of hydrogen-bond acceptors (Lipinski definition) is 3. The van der Waals surface area contributed by atoms with Gasteiger partial charge in [-0.15, -0.1) is 0 Å². The second-order valence-electron chi connectivity index (χ2n) is 5.89. The zero-order valence-corrected chi connectivity index (χ0v) is 14.7. The molecule has 0 aliphatic heterocycles. The third-order valence-corrected chi connectivity index (χ3v) is 3.50. The predicted octanol–water partition coefficient (Wildman–Crippen LogP) is 0.890. The SMILES string of the molecule is C=CCOc1ccc(C[NH+](C)CC(=O)NC(=O)N[C@H](C)CC)cc1. The molecule has 0 bridgehead atoms. The van der Waals surface area contributed by atoms with E-state index in [0.29, 0.717) is 13.2 Å². The highest BCUT2D eigenvalue weighted by atomic mass is 16.5. The average Bonchev–Trinajstić information content (AvgIpc) is 2.53. The second-order valence-corrected chi connectivity index (χ2v) is 5.89. The third kappa shape index (κ3) is 7.78. The van der Waals surface area contributed by atoms with Gasteiger partial charge in [0.05, 0.1) is 7.05 Å². The second kappa shape index (κ2) is 10.4. The van der Waals surface area contributed by atoms with Crippen molar-refractivity contribution in [1.29, 1.82) is 0 Å². The van der Waals surface area contributed by atoms with Gasteiger partial charge in [0.25, 0.3) is 5.91 Å². The van der Waals surface area contributed by atoms with Gasteiger partial charge in [-0.2, -0.15) is 0 Å². The number of imide groups is 1. The maximum Gasteiger partial charge on any atom is 0.321 e. The Morgan fingerprint density at radius 1 is 1.33 bits per heavy atom. The van der Waals surface area contributed by atoms with Gasteiger partial charge in [-0.05, 0) is 37.6 Å². The molecule has 1 aromatic carbocycles. The Labute approximate surface area is 143 Å². The molecule has 3 amide bonds. The fourth-order valence-corrected chi connectivity index (χ4v) is 2.08. The van der Waals surface area contributed by atoms with Crippen LogP contribution in [0.4, 0.5) is 4.79 Å². The fraction of sp³-hybridized carbons (Fsp3) is 0.444. The van der Waals surface area contributed by atoms with Gasteiger partial charge in [-0.1, -0.05) is 19.6 Å². The fourth-order valence-electron chi connectivity index (χ4n) is 2.08. The summed E-state index contributed by atoms with van der Waals surface area (Å²) in [6.45, 7) is 8.85. The van der Waals surface area contributed by atoms with Gasteiger partial charge in [-0.3, -0.25) is 10.1 Å². The number of nitrogens with one attached hydrogen (secondary N) is 3. The van der Waals surface area contributed by atoms with E-state index in [1.807, 2.05) is 45.2 Å². The van der Waals surface area contributed by atoms with Gasteiger partial charge >= 0.3 is 6.03 Å². The summed E-state index contributed by atoms with van der Waals surface area (Å²) in [7, 11) is 1.91. The number of amides is 3. The highest BCUT2D eigenvalue weighted by molar-refractivity contribution is 5.94. The summed E-state index contributed by atoms with van der Waals surface area (Å²) in [6, 6.07) is 7.33. The van der Waals surface area contributed by atoms with Crippen molar-refractivity contribution in [2.45, 2.75) is 32.9 Å². The Balaban J connectivity index is 2.39. The van der Waals surface area contributed by atoms with Crippen LogP contribution in [0.5, 0.6) is 5.75 Å². The minimum atomic E-state index is -0.439. The van der Waals surface area contributed by atoms with Crippen LogP contribution in [0, 0.1) is 0 Å². The van der Waals surface area contributed by atoms with E-state index in [0.717, 1.165) is 22.6 Å². The van der Waals surface area contributed by atoms with Crippen molar-refractivity contribution in [1.82, 2.24) is 10.6 Å². The highest BCUT2D eigenvalue weighted by Gasteiger charge is 2.14. The Morgan fingerprint density at radius 3 is 2.58 bits per heavy atom. The van der Waals surface area contributed by atoms with E-state index in [1.165, 1.54) is 0 Å². The van der Waals surface area contributed by atoms with E-state index in [4.69, 9.17) is 4.74 Å². The molecule has 0 aliphatic rings. The quantitative estimate of drug-likeness (QED) is 0.587. The van der Waals surface area contributed by atoms with Crippen LogP contribution >= 0.6 is 0 Å². The first-order valence-corrected chi connectivity index (χ1v) is 8.18. The van der Waals surface area contributed by atoms with Gasteiger partial charge in [0, 0.05) is 11.6 Å². The van der Waals surface area contributed by atoms with Crippen molar-refractivity contribution in [3.8, 4) is 5.75 Å². The Morgan fingerprint density at radius 2 is 2.00 bits per heavy atom. The molecule has 2 atom stereocenters. The summed E-state index contributed by atoms with van der Waals surface area (Å²) in [6.07, 6.45) is 2.52. The summed E-state index contributed by atoms with van der Waals surface area (Å²) in [5, 5.41) is 5.06. The van der Waals surface area contributed by atoms with Crippen LogP contribution in [0.1, 0.15) is 25.8 Å². The Hall–Kier alpha value is -2.34. The maximum atomic E-state index is 11.9. The lowest BCUT2D eigenvalue weighted by Gasteiger charge is -2.15. The van der Waals surface area contributed by atoms with Crippen molar-refractivity contribution in [3.63, 3.8) is 0 Å². The summed E-state index contributed by atoms with van der Waals surface area (Å²) >= 11 is 0. The first-order chi connectivity index (χ1) is 11.4. The normalized spacial score (nSPS) is 12.8. The number of rotatable bonds is 9. The number of likely N-dealkylation sites (N-methyl/N-ethyl adjacent to an activating group) is 1. The number of hydrogen-bond donors (Lipinski definition) is 3. The van der Waals surface area contributed by atoms with Crippen LogP contribution in [-0.2, 0) is 11.3 Å². The molecule has 132 valence electrons. The molecule has 1 aromatic rings. The standard InChI is InChI=1S/C18H27N3O3/c1-5-11-24-16-9-7-15(8-10-16)12-21(4)13-17(22)20-18(23)19-14(3)6-2/h5,7-10,14H,1,6,11-13H2,2-4H3,(H2,19,20,22,23)/p+1/t14-/m1/s1. The topological polar surface area (TPSA) is 71.9 Å². The van der Waals surface area contributed by atoms with E-state index in [2.05, 4.69) is 17.2 Å². The van der Waals surface area contributed by atoms with Crippen molar-refractivity contribution in [2.24, 2.45) is 0 Å². The molecule has 1 rings (SSSR count). The lowest BCUT2D eigenvalue weighted by atomic mass is 10.2. The molecule has 6 nitrogen and oxygen atoms in total. The molecule has 0 radical (unpaired) electrons. The van der Waals surface area contributed by atoms with E-state index in [9.17, 15) is 9.59 Å². The van der Waals surface area contributed by atoms with Crippen LogP contribution in [0.15, 0.2) is 36.9 Å². The van der Waals surface area contributed by atoms with Crippen molar-refractivity contribution in [3.05, 3.63) is 42.5 Å².